The van der Waals surface area contributed by atoms with E-state index in [2.05, 4.69) is 41.1 Å². The van der Waals surface area contributed by atoms with Crippen molar-refractivity contribution in [3.63, 3.8) is 0 Å². The number of thioether (sulfide) groups is 1. The van der Waals surface area contributed by atoms with E-state index in [1.807, 2.05) is 43.3 Å². The summed E-state index contributed by atoms with van der Waals surface area (Å²) in [4.78, 5) is 28.0. The van der Waals surface area contributed by atoms with Gasteiger partial charge in [0, 0.05) is 55.1 Å². The van der Waals surface area contributed by atoms with Crippen LogP contribution in [0.1, 0.15) is 46.1 Å². The summed E-state index contributed by atoms with van der Waals surface area (Å²) in [6.45, 7) is 7.69. The fourth-order valence-electron chi connectivity index (χ4n) is 3.15. The van der Waals surface area contributed by atoms with Gasteiger partial charge in [-0.05, 0) is 49.6 Å². The summed E-state index contributed by atoms with van der Waals surface area (Å²) in [5.41, 5.74) is 4.88. The lowest BCUT2D eigenvalue weighted by molar-refractivity contribution is 0.0951. The Kier molecular flexibility index (Phi) is 8.00. The van der Waals surface area contributed by atoms with Crippen molar-refractivity contribution in [1.29, 1.82) is 0 Å². The van der Waals surface area contributed by atoms with E-state index in [1.165, 1.54) is 0 Å². The van der Waals surface area contributed by atoms with Crippen LogP contribution in [0.2, 0.25) is 0 Å². The Hall–Kier alpha value is -2.93. The van der Waals surface area contributed by atoms with E-state index in [9.17, 15) is 4.79 Å². The number of hydrogen-bond donors (Lipinski definition) is 1. The van der Waals surface area contributed by atoms with Crippen molar-refractivity contribution in [2.24, 2.45) is 0 Å². The molecule has 0 bridgehead atoms. The SMILES string of the molecule is CCCN(C)c1nc(SCc2ccc(C(=O)NCc3cccnc3)cc2)nc(C)c1C. The maximum atomic E-state index is 12.4. The highest BCUT2D eigenvalue weighted by Crippen LogP contribution is 2.25. The van der Waals surface area contributed by atoms with E-state index < -0.39 is 0 Å². The Morgan fingerprint density at radius 1 is 1.10 bits per heavy atom. The molecule has 0 saturated carbocycles. The zero-order valence-corrected chi connectivity index (χ0v) is 19.4. The number of aromatic nitrogens is 3. The number of carbonyl (C=O) groups is 1. The molecule has 2 aromatic heterocycles. The number of carbonyl (C=O) groups excluding carboxylic acids is 1. The number of aryl methyl sites for hydroxylation is 1. The van der Waals surface area contributed by atoms with Crippen molar-refractivity contribution in [1.82, 2.24) is 20.3 Å². The number of hydrogen-bond acceptors (Lipinski definition) is 6. The van der Waals surface area contributed by atoms with Gasteiger partial charge in [0.05, 0.1) is 0 Å². The molecule has 3 rings (SSSR count). The largest absolute Gasteiger partial charge is 0.359 e. The minimum atomic E-state index is -0.0934. The number of pyridine rings is 1. The Labute approximate surface area is 188 Å². The molecular weight excluding hydrogens is 406 g/mol. The topological polar surface area (TPSA) is 71.0 Å². The van der Waals surface area contributed by atoms with Crippen molar-refractivity contribution in [3.8, 4) is 0 Å². The summed E-state index contributed by atoms with van der Waals surface area (Å²) < 4.78 is 0. The van der Waals surface area contributed by atoms with Crippen LogP contribution in [-0.4, -0.2) is 34.5 Å². The molecule has 0 atom stereocenters. The molecule has 0 saturated heterocycles. The lowest BCUT2D eigenvalue weighted by Gasteiger charge is -2.20. The fraction of sp³-hybridized carbons (Fsp3) is 0.333. The summed E-state index contributed by atoms with van der Waals surface area (Å²) in [6, 6.07) is 11.5. The summed E-state index contributed by atoms with van der Waals surface area (Å²) in [7, 11) is 2.07. The smallest absolute Gasteiger partial charge is 0.251 e. The molecule has 1 amide bonds. The van der Waals surface area contributed by atoms with Gasteiger partial charge in [-0.25, -0.2) is 9.97 Å². The molecule has 31 heavy (non-hydrogen) atoms. The first kappa shape index (κ1) is 22.7. The van der Waals surface area contributed by atoms with E-state index >= 15 is 0 Å². The van der Waals surface area contributed by atoms with Crippen LogP contribution in [0.5, 0.6) is 0 Å². The molecular formula is C24H29N5OS. The molecule has 1 aromatic carbocycles. The number of nitrogens with one attached hydrogen (secondary N) is 1. The molecule has 0 aliphatic rings. The Morgan fingerprint density at radius 3 is 2.55 bits per heavy atom. The van der Waals surface area contributed by atoms with Crippen LogP contribution in [0.3, 0.4) is 0 Å². The number of amides is 1. The molecule has 1 N–H and O–H groups in total. The minimum absolute atomic E-state index is 0.0934. The van der Waals surface area contributed by atoms with Gasteiger partial charge in [-0.15, -0.1) is 0 Å². The monoisotopic (exact) mass is 435 g/mol. The zero-order chi connectivity index (χ0) is 22.2. The van der Waals surface area contributed by atoms with Crippen molar-refractivity contribution >= 4 is 23.5 Å². The van der Waals surface area contributed by atoms with Gasteiger partial charge >= 0.3 is 0 Å². The standard InChI is InChI=1S/C24H29N5OS/c1-5-13-29(4)22-17(2)18(3)27-24(28-22)31-16-19-8-10-21(11-9-19)23(30)26-15-20-7-6-12-25-14-20/h6-12,14H,5,13,15-16H2,1-4H3,(H,26,30). The molecule has 7 heteroatoms. The summed E-state index contributed by atoms with van der Waals surface area (Å²) in [6.07, 6.45) is 4.54. The van der Waals surface area contributed by atoms with Gasteiger partial charge in [-0.3, -0.25) is 9.78 Å². The van der Waals surface area contributed by atoms with Crippen molar-refractivity contribution in [2.75, 3.05) is 18.5 Å². The maximum Gasteiger partial charge on any atom is 0.251 e. The predicted octanol–water partition coefficient (Wildman–Crippen LogP) is 4.56. The molecule has 0 radical (unpaired) electrons. The molecule has 2 heterocycles. The second-order valence-corrected chi connectivity index (χ2v) is 8.43. The normalized spacial score (nSPS) is 10.7. The van der Waals surface area contributed by atoms with Gasteiger partial charge in [0.25, 0.3) is 5.91 Å². The number of nitrogens with zero attached hydrogens (tertiary/aromatic N) is 4. The highest BCUT2D eigenvalue weighted by Gasteiger charge is 2.12. The van der Waals surface area contributed by atoms with Crippen LogP contribution >= 0.6 is 11.8 Å². The van der Waals surface area contributed by atoms with Gasteiger partial charge in [0.2, 0.25) is 0 Å². The summed E-state index contributed by atoms with van der Waals surface area (Å²) in [5, 5.41) is 3.70. The number of anilines is 1. The first-order chi connectivity index (χ1) is 15.0. The van der Waals surface area contributed by atoms with Crippen LogP contribution in [-0.2, 0) is 12.3 Å². The predicted molar refractivity (Wildman–Crippen MR) is 126 cm³/mol. The van der Waals surface area contributed by atoms with Crippen LogP contribution in [0.15, 0.2) is 53.9 Å². The lowest BCUT2D eigenvalue weighted by Crippen LogP contribution is -2.22. The van der Waals surface area contributed by atoms with E-state index in [-0.39, 0.29) is 5.91 Å². The third-order valence-electron chi connectivity index (χ3n) is 5.02. The van der Waals surface area contributed by atoms with Crippen LogP contribution in [0, 0.1) is 13.8 Å². The average Bonchev–Trinajstić information content (AvgIpc) is 2.79. The van der Waals surface area contributed by atoms with Crippen LogP contribution < -0.4 is 10.2 Å². The fourth-order valence-corrected chi connectivity index (χ4v) is 3.99. The maximum absolute atomic E-state index is 12.4. The summed E-state index contributed by atoms with van der Waals surface area (Å²) in [5.74, 6) is 1.65. The van der Waals surface area contributed by atoms with Crippen LogP contribution in [0.25, 0.3) is 0 Å². The third-order valence-corrected chi connectivity index (χ3v) is 5.94. The Balaban J connectivity index is 1.59. The quantitative estimate of drug-likeness (QED) is 0.393. The van der Waals surface area contributed by atoms with Crippen molar-refractivity contribution in [3.05, 3.63) is 76.7 Å². The Morgan fingerprint density at radius 2 is 1.87 bits per heavy atom. The first-order valence-corrected chi connectivity index (χ1v) is 11.4. The lowest BCUT2D eigenvalue weighted by atomic mass is 10.1. The third kappa shape index (κ3) is 6.28. The van der Waals surface area contributed by atoms with E-state index in [4.69, 9.17) is 4.98 Å². The average molecular weight is 436 g/mol. The molecule has 0 aliphatic carbocycles. The molecule has 3 aromatic rings. The molecule has 162 valence electrons. The molecule has 0 spiro atoms. The number of benzene rings is 1. The summed E-state index contributed by atoms with van der Waals surface area (Å²) >= 11 is 1.61. The highest BCUT2D eigenvalue weighted by atomic mass is 32.2. The minimum Gasteiger partial charge on any atom is -0.359 e. The van der Waals surface area contributed by atoms with Crippen molar-refractivity contribution < 1.29 is 4.79 Å². The van der Waals surface area contributed by atoms with Gasteiger partial charge in [-0.2, -0.15) is 0 Å². The molecule has 0 fully saturated rings. The van der Waals surface area contributed by atoms with Gasteiger partial charge in [0.15, 0.2) is 5.16 Å². The van der Waals surface area contributed by atoms with Crippen molar-refractivity contribution in [2.45, 2.75) is 44.6 Å². The number of rotatable bonds is 9. The van der Waals surface area contributed by atoms with E-state index in [0.717, 1.165) is 52.1 Å². The molecule has 0 unspecified atom stereocenters. The van der Waals surface area contributed by atoms with E-state index in [0.29, 0.717) is 12.1 Å². The molecule has 0 aliphatic heterocycles. The van der Waals surface area contributed by atoms with Gasteiger partial charge < -0.3 is 10.2 Å². The zero-order valence-electron chi connectivity index (χ0n) is 18.6. The van der Waals surface area contributed by atoms with Crippen LogP contribution in [0.4, 0.5) is 5.82 Å². The second kappa shape index (κ2) is 10.9. The Bertz CT molecular complexity index is 1010. The second-order valence-electron chi connectivity index (χ2n) is 7.49. The first-order valence-electron chi connectivity index (χ1n) is 10.4. The van der Waals surface area contributed by atoms with Gasteiger partial charge in [-0.1, -0.05) is 36.9 Å². The van der Waals surface area contributed by atoms with E-state index in [1.54, 1.807) is 24.2 Å². The molecule has 6 nitrogen and oxygen atoms in total. The van der Waals surface area contributed by atoms with Gasteiger partial charge in [0.1, 0.15) is 5.82 Å². The highest BCUT2D eigenvalue weighted by molar-refractivity contribution is 7.98.